The molecule has 1 aromatic heterocycles. The standard InChI is InChI=1S/C20H21Cl2N5OS/c1-2-6-17(13-7-4-3-5-8-13)24-18(28)12-29-20-26-25-19(27(20)23)15-10-9-14(21)11-16(15)22/h3-5,7-11,17H,2,6,12,23H2,1H3,(H,24,28). The SMILES string of the molecule is CCCC(NC(=O)CSc1nnc(-c2ccc(Cl)cc2Cl)n1N)c1ccccc1. The van der Waals surface area contributed by atoms with Gasteiger partial charge in [0.1, 0.15) is 0 Å². The second-order valence-electron chi connectivity index (χ2n) is 6.41. The van der Waals surface area contributed by atoms with Crippen LogP contribution in [0.15, 0.2) is 53.7 Å². The fraction of sp³-hybridized carbons (Fsp3) is 0.250. The molecule has 1 heterocycles. The number of nitrogens with two attached hydrogens (primary N) is 1. The molecule has 3 aromatic rings. The summed E-state index contributed by atoms with van der Waals surface area (Å²) >= 11 is 13.4. The van der Waals surface area contributed by atoms with Gasteiger partial charge in [0.25, 0.3) is 0 Å². The van der Waals surface area contributed by atoms with Crippen molar-refractivity contribution in [3.63, 3.8) is 0 Å². The van der Waals surface area contributed by atoms with Gasteiger partial charge < -0.3 is 11.2 Å². The molecule has 1 atom stereocenters. The maximum Gasteiger partial charge on any atom is 0.230 e. The number of nitrogen functional groups attached to an aromatic ring is 1. The predicted octanol–water partition coefficient (Wildman–Crippen LogP) is 4.72. The van der Waals surface area contributed by atoms with Gasteiger partial charge in [0.2, 0.25) is 11.1 Å². The number of thioether (sulfide) groups is 1. The molecule has 0 bridgehead atoms. The first kappa shape index (κ1) is 21.5. The van der Waals surface area contributed by atoms with Gasteiger partial charge in [-0.2, -0.15) is 0 Å². The maximum absolute atomic E-state index is 12.5. The van der Waals surface area contributed by atoms with E-state index in [9.17, 15) is 4.79 Å². The molecule has 6 nitrogen and oxygen atoms in total. The number of hydrogen-bond acceptors (Lipinski definition) is 5. The van der Waals surface area contributed by atoms with Gasteiger partial charge >= 0.3 is 0 Å². The van der Waals surface area contributed by atoms with Crippen LogP contribution < -0.4 is 11.2 Å². The van der Waals surface area contributed by atoms with Crippen molar-refractivity contribution in [1.82, 2.24) is 20.2 Å². The van der Waals surface area contributed by atoms with Crippen LogP contribution >= 0.6 is 35.0 Å². The van der Waals surface area contributed by atoms with Crippen LogP contribution in [0.3, 0.4) is 0 Å². The third-order valence-corrected chi connectivity index (χ3v) is 5.77. The third kappa shape index (κ3) is 5.44. The Kier molecular flexibility index (Phi) is 7.41. The van der Waals surface area contributed by atoms with Crippen molar-refractivity contribution < 1.29 is 4.79 Å². The van der Waals surface area contributed by atoms with Gasteiger partial charge in [0, 0.05) is 10.6 Å². The Balaban J connectivity index is 1.65. The molecule has 29 heavy (non-hydrogen) atoms. The van der Waals surface area contributed by atoms with Crippen molar-refractivity contribution in [2.45, 2.75) is 31.0 Å². The molecule has 1 unspecified atom stereocenters. The van der Waals surface area contributed by atoms with Gasteiger partial charge in [-0.05, 0) is 30.2 Å². The highest BCUT2D eigenvalue weighted by molar-refractivity contribution is 7.99. The van der Waals surface area contributed by atoms with Crippen molar-refractivity contribution in [2.75, 3.05) is 11.6 Å². The number of aromatic nitrogens is 3. The molecule has 3 N–H and O–H groups in total. The summed E-state index contributed by atoms with van der Waals surface area (Å²) in [5.74, 6) is 6.61. The third-order valence-electron chi connectivity index (χ3n) is 4.28. The van der Waals surface area contributed by atoms with Crippen LogP contribution in [0, 0.1) is 0 Å². The van der Waals surface area contributed by atoms with Crippen LogP contribution in [0.25, 0.3) is 11.4 Å². The molecular formula is C20H21Cl2N5OS. The minimum absolute atomic E-state index is 0.0199. The van der Waals surface area contributed by atoms with Crippen molar-refractivity contribution in [3.8, 4) is 11.4 Å². The average Bonchev–Trinajstić information content (AvgIpc) is 3.07. The fourth-order valence-corrected chi connectivity index (χ4v) is 4.05. The smallest absolute Gasteiger partial charge is 0.230 e. The fourth-order valence-electron chi connectivity index (χ4n) is 2.89. The molecule has 0 radical (unpaired) electrons. The van der Waals surface area contributed by atoms with E-state index in [0.29, 0.717) is 26.6 Å². The van der Waals surface area contributed by atoms with E-state index >= 15 is 0 Å². The van der Waals surface area contributed by atoms with E-state index in [0.717, 1.165) is 18.4 Å². The second-order valence-corrected chi connectivity index (χ2v) is 8.19. The Morgan fingerprint density at radius 3 is 2.66 bits per heavy atom. The van der Waals surface area contributed by atoms with E-state index in [4.69, 9.17) is 29.0 Å². The predicted molar refractivity (Wildman–Crippen MR) is 119 cm³/mol. The van der Waals surface area contributed by atoms with Gasteiger partial charge in [-0.3, -0.25) is 4.79 Å². The first-order chi connectivity index (χ1) is 14.0. The Morgan fingerprint density at radius 2 is 1.97 bits per heavy atom. The molecule has 0 aliphatic heterocycles. The number of nitrogens with zero attached hydrogens (tertiary/aromatic N) is 3. The summed E-state index contributed by atoms with van der Waals surface area (Å²) in [5.41, 5.74) is 1.71. The number of rotatable bonds is 8. The first-order valence-corrected chi connectivity index (χ1v) is 10.9. The lowest BCUT2D eigenvalue weighted by Crippen LogP contribution is -2.30. The number of benzene rings is 2. The summed E-state index contributed by atoms with van der Waals surface area (Å²) in [6.07, 6.45) is 1.84. The highest BCUT2D eigenvalue weighted by Gasteiger charge is 2.18. The molecule has 0 fully saturated rings. The van der Waals surface area contributed by atoms with Crippen LogP contribution in [-0.4, -0.2) is 26.5 Å². The molecule has 9 heteroatoms. The molecule has 0 saturated carbocycles. The highest BCUT2D eigenvalue weighted by Crippen LogP contribution is 2.30. The molecule has 0 spiro atoms. The van der Waals surface area contributed by atoms with Gasteiger partial charge in [0.05, 0.1) is 16.8 Å². The lowest BCUT2D eigenvalue weighted by Gasteiger charge is -2.18. The summed E-state index contributed by atoms with van der Waals surface area (Å²) in [5, 5.41) is 12.6. The van der Waals surface area contributed by atoms with Crippen LogP contribution in [0.4, 0.5) is 0 Å². The molecule has 0 aliphatic carbocycles. The lowest BCUT2D eigenvalue weighted by atomic mass is 10.0. The topological polar surface area (TPSA) is 85.8 Å². The Morgan fingerprint density at radius 1 is 1.21 bits per heavy atom. The van der Waals surface area contributed by atoms with E-state index in [2.05, 4.69) is 22.4 Å². The number of hydrogen-bond donors (Lipinski definition) is 2. The number of nitrogens with one attached hydrogen (secondary N) is 1. The first-order valence-electron chi connectivity index (χ1n) is 9.12. The molecule has 152 valence electrons. The van der Waals surface area contributed by atoms with Crippen LogP contribution in [0.2, 0.25) is 10.0 Å². The Labute approximate surface area is 183 Å². The summed E-state index contributed by atoms with van der Waals surface area (Å²) in [6.45, 7) is 2.09. The number of carbonyl (C=O) groups is 1. The van der Waals surface area contributed by atoms with Gasteiger partial charge in [-0.1, -0.05) is 78.6 Å². The van der Waals surface area contributed by atoms with Crippen molar-refractivity contribution in [2.24, 2.45) is 0 Å². The van der Waals surface area contributed by atoms with Crippen molar-refractivity contribution in [3.05, 3.63) is 64.1 Å². The van der Waals surface area contributed by atoms with Crippen LogP contribution in [0.1, 0.15) is 31.4 Å². The highest BCUT2D eigenvalue weighted by atomic mass is 35.5. The van der Waals surface area contributed by atoms with E-state index in [-0.39, 0.29) is 17.7 Å². The zero-order chi connectivity index (χ0) is 20.8. The lowest BCUT2D eigenvalue weighted by molar-refractivity contribution is -0.119. The zero-order valence-electron chi connectivity index (χ0n) is 15.8. The van der Waals surface area contributed by atoms with Crippen molar-refractivity contribution in [1.29, 1.82) is 0 Å². The summed E-state index contributed by atoms with van der Waals surface area (Å²) < 4.78 is 1.33. The van der Waals surface area contributed by atoms with E-state index in [1.807, 2.05) is 30.3 Å². The Hall–Kier alpha value is -2.22. The minimum atomic E-state index is -0.0913. The zero-order valence-corrected chi connectivity index (χ0v) is 18.1. The van der Waals surface area contributed by atoms with Crippen LogP contribution in [0.5, 0.6) is 0 Å². The average molecular weight is 450 g/mol. The van der Waals surface area contributed by atoms with E-state index < -0.39 is 0 Å². The minimum Gasteiger partial charge on any atom is -0.349 e. The second kappa shape index (κ2) is 10.0. The molecular weight excluding hydrogens is 429 g/mol. The van der Waals surface area contributed by atoms with Gasteiger partial charge in [0.15, 0.2) is 5.82 Å². The van der Waals surface area contributed by atoms with E-state index in [1.165, 1.54) is 16.4 Å². The molecule has 0 aliphatic rings. The molecule has 3 rings (SSSR count). The van der Waals surface area contributed by atoms with Crippen molar-refractivity contribution >= 4 is 40.9 Å². The number of carbonyl (C=O) groups excluding carboxylic acids is 1. The van der Waals surface area contributed by atoms with Crippen LogP contribution in [-0.2, 0) is 4.79 Å². The summed E-state index contributed by atoms with van der Waals surface area (Å²) in [6, 6.07) is 15.0. The van der Waals surface area contributed by atoms with Gasteiger partial charge in [-0.15, -0.1) is 10.2 Å². The van der Waals surface area contributed by atoms with Gasteiger partial charge in [-0.25, -0.2) is 4.68 Å². The summed E-state index contributed by atoms with van der Waals surface area (Å²) in [4.78, 5) is 12.5. The number of amides is 1. The summed E-state index contributed by atoms with van der Waals surface area (Å²) in [7, 11) is 0. The Bertz CT molecular complexity index is 980. The monoisotopic (exact) mass is 449 g/mol. The van der Waals surface area contributed by atoms with E-state index in [1.54, 1.807) is 18.2 Å². The normalized spacial score (nSPS) is 12.0. The number of halogens is 2. The quantitative estimate of drug-likeness (QED) is 0.383. The molecule has 2 aromatic carbocycles. The largest absolute Gasteiger partial charge is 0.349 e. The maximum atomic E-state index is 12.5. The molecule has 0 saturated heterocycles. The molecule has 1 amide bonds.